The van der Waals surface area contributed by atoms with E-state index in [1.165, 1.54) is 5.56 Å². The van der Waals surface area contributed by atoms with Gasteiger partial charge in [-0.2, -0.15) is 0 Å². The van der Waals surface area contributed by atoms with E-state index < -0.39 is 0 Å². The topological polar surface area (TPSA) is 53.6 Å². The monoisotopic (exact) mass is 333 g/mol. The van der Waals surface area contributed by atoms with Crippen LogP contribution in [0.3, 0.4) is 0 Å². The van der Waals surface area contributed by atoms with Crippen LogP contribution in [-0.4, -0.2) is 56.7 Å². The van der Waals surface area contributed by atoms with Crippen molar-refractivity contribution in [3.63, 3.8) is 0 Å². The Bertz CT molecular complexity index is 520. The second kappa shape index (κ2) is 9.04. The Hall–Kier alpha value is -1.59. The van der Waals surface area contributed by atoms with E-state index in [1.54, 1.807) is 0 Å². The predicted octanol–water partition coefficient (Wildman–Crippen LogP) is 2.23. The van der Waals surface area contributed by atoms with Gasteiger partial charge in [-0.05, 0) is 17.0 Å². The molecule has 2 N–H and O–H groups in total. The number of benzene rings is 1. The van der Waals surface area contributed by atoms with Crippen molar-refractivity contribution in [2.45, 2.75) is 32.6 Å². The molecular weight excluding hydrogens is 302 g/mol. The number of hydrogen-bond donors (Lipinski definition) is 2. The van der Waals surface area contributed by atoms with E-state index in [9.17, 15) is 4.79 Å². The number of carbonyl (C=O) groups is 1. The number of morpholine rings is 1. The summed E-state index contributed by atoms with van der Waals surface area (Å²) >= 11 is 0. The van der Waals surface area contributed by atoms with Crippen molar-refractivity contribution in [2.24, 2.45) is 0 Å². The number of rotatable bonds is 7. The average Bonchev–Trinajstić information content (AvgIpc) is 2.55. The van der Waals surface area contributed by atoms with Gasteiger partial charge in [-0.15, -0.1) is 0 Å². The third kappa shape index (κ3) is 6.13. The summed E-state index contributed by atoms with van der Waals surface area (Å²) in [4.78, 5) is 14.3. The smallest absolute Gasteiger partial charge is 0.221 e. The Morgan fingerprint density at radius 1 is 1.17 bits per heavy atom. The van der Waals surface area contributed by atoms with E-state index >= 15 is 0 Å². The van der Waals surface area contributed by atoms with Crippen molar-refractivity contribution in [3.8, 4) is 0 Å². The number of nitrogens with one attached hydrogen (secondary N) is 2. The summed E-state index contributed by atoms with van der Waals surface area (Å²) in [6, 6.07) is 8.31. The molecule has 1 amide bonds. The molecule has 1 aliphatic rings. The lowest BCUT2D eigenvalue weighted by molar-refractivity contribution is -0.120. The highest BCUT2D eigenvalue weighted by atomic mass is 16.5. The fourth-order valence-electron chi connectivity index (χ4n) is 2.87. The van der Waals surface area contributed by atoms with Crippen molar-refractivity contribution in [2.75, 3.05) is 51.3 Å². The normalized spacial score (nSPS) is 16.0. The summed E-state index contributed by atoms with van der Waals surface area (Å²) in [7, 11) is 0. The van der Waals surface area contributed by atoms with Crippen molar-refractivity contribution in [1.29, 1.82) is 0 Å². The van der Waals surface area contributed by atoms with Gasteiger partial charge in [0.2, 0.25) is 5.91 Å². The van der Waals surface area contributed by atoms with E-state index in [0.717, 1.165) is 38.5 Å². The SMILES string of the molecule is CC(C)(C)c1ccccc1NCCC(=O)NCCN1CCOCC1. The van der Waals surface area contributed by atoms with Crippen molar-refractivity contribution < 1.29 is 9.53 Å². The van der Waals surface area contributed by atoms with Gasteiger partial charge in [-0.3, -0.25) is 9.69 Å². The van der Waals surface area contributed by atoms with Crippen LogP contribution in [0.2, 0.25) is 0 Å². The Morgan fingerprint density at radius 2 is 1.88 bits per heavy atom. The molecule has 0 saturated carbocycles. The first-order valence-corrected chi connectivity index (χ1v) is 8.87. The van der Waals surface area contributed by atoms with Crippen LogP contribution in [0.5, 0.6) is 0 Å². The Morgan fingerprint density at radius 3 is 2.58 bits per heavy atom. The first-order chi connectivity index (χ1) is 11.5. The second-order valence-corrected chi connectivity index (χ2v) is 7.28. The molecule has 0 aromatic heterocycles. The van der Waals surface area contributed by atoms with Crippen LogP contribution in [0.25, 0.3) is 0 Å². The van der Waals surface area contributed by atoms with Crippen LogP contribution in [0.1, 0.15) is 32.8 Å². The highest BCUT2D eigenvalue weighted by Gasteiger charge is 2.17. The minimum atomic E-state index is 0.0873. The Kier molecular flexibility index (Phi) is 7.06. The molecule has 0 radical (unpaired) electrons. The van der Waals surface area contributed by atoms with Crippen LogP contribution < -0.4 is 10.6 Å². The van der Waals surface area contributed by atoms with Gasteiger partial charge in [-0.25, -0.2) is 0 Å². The summed E-state index contributed by atoms with van der Waals surface area (Å²) in [5.74, 6) is 0.101. The van der Waals surface area contributed by atoms with Crippen LogP contribution in [0.15, 0.2) is 24.3 Å². The van der Waals surface area contributed by atoms with Crippen LogP contribution in [0.4, 0.5) is 5.69 Å². The van der Waals surface area contributed by atoms with Gasteiger partial charge in [0, 0.05) is 44.8 Å². The van der Waals surface area contributed by atoms with Crippen molar-refractivity contribution >= 4 is 11.6 Å². The largest absolute Gasteiger partial charge is 0.384 e. The fraction of sp³-hybridized carbons (Fsp3) is 0.632. The highest BCUT2D eigenvalue weighted by molar-refractivity contribution is 5.76. The van der Waals surface area contributed by atoms with Gasteiger partial charge >= 0.3 is 0 Å². The van der Waals surface area contributed by atoms with Gasteiger partial charge < -0.3 is 15.4 Å². The molecule has 0 spiro atoms. The predicted molar refractivity (Wildman–Crippen MR) is 98.5 cm³/mol. The quantitative estimate of drug-likeness (QED) is 0.803. The number of amides is 1. The maximum atomic E-state index is 12.0. The summed E-state index contributed by atoms with van der Waals surface area (Å²) < 4.78 is 5.32. The molecule has 1 aromatic carbocycles. The number of hydrogen-bond acceptors (Lipinski definition) is 4. The number of anilines is 1. The first kappa shape index (κ1) is 18.7. The zero-order chi connectivity index (χ0) is 17.4. The number of ether oxygens (including phenoxy) is 1. The molecule has 1 aliphatic heterocycles. The van der Waals surface area contributed by atoms with Gasteiger partial charge in [0.05, 0.1) is 13.2 Å². The minimum absolute atomic E-state index is 0.0873. The summed E-state index contributed by atoms with van der Waals surface area (Å²) in [6.45, 7) is 12.4. The molecule has 5 heteroatoms. The van der Waals surface area contributed by atoms with E-state index in [4.69, 9.17) is 4.74 Å². The first-order valence-electron chi connectivity index (χ1n) is 8.87. The van der Waals surface area contributed by atoms with Crippen LogP contribution >= 0.6 is 0 Å². The van der Waals surface area contributed by atoms with Gasteiger partial charge in [0.25, 0.3) is 0 Å². The number of nitrogens with zero attached hydrogens (tertiary/aromatic N) is 1. The molecule has 24 heavy (non-hydrogen) atoms. The summed E-state index contributed by atoms with van der Waals surface area (Å²) in [5.41, 5.74) is 2.48. The standard InChI is InChI=1S/C19H31N3O2/c1-19(2,3)16-6-4-5-7-17(16)20-9-8-18(23)21-10-11-22-12-14-24-15-13-22/h4-7,20H,8-15H2,1-3H3,(H,21,23). The van der Waals surface area contributed by atoms with Crippen LogP contribution in [-0.2, 0) is 14.9 Å². The molecule has 2 rings (SSSR count). The molecule has 0 atom stereocenters. The lowest BCUT2D eigenvalue weighted by Gasteiger charge is -2.26. The van der Waals surface area contributed by atoms with E-state index in [0.29, 0.717) is 19.5 Å². The molecule has 134 valence electrons. The molecular formula is C19H31N3O2. The van der Waals surface area contributed by atoms with E-state index in [2.05, 4.69) is 54.5 Å². The lowest BCUT2D eigenvalue weighted by Crippen LogP contribution is -2.41. The van der Waals surface area contributed by atoms with Gasteiger partial charge in [0.1, 0.15) is 0 Å². The number of carbonyl (C=O) groups excluding carboxylic acids is 1. The lowest BCUT2D eigenvalue weighted by atomic mass is 9.86. The molecule has 0 aliphatic carbocycles. The molecule has 0 bridgehead atoms. The third-order valence-electron chi connectivity index (χ3n) is 4.26. The summed E-state index contributed by atoms with van der Waals surface area (Å²) in [5, 5.41) is 6.40. The maximum Gasteiger partial charge on any atom is 0.221 e. The Balaban J connectivity index is 1.67. The fourth-order valence-corrected chi connectivity index (χ4v) is 2.87. The Labute approximate surface area is 145 Å². The van der Waals surface area contributed by atoms with Crippen molar-refractivity contribution in [3.05, 3.63) is 29.8 Å². The molecule has 1 aromatic rings. The molecule has 1 saturated heterocycles. The van der Waals surface area contributed by atoms with Crippen molar-refractivity contribution in [1.82, 2.24) is 10.2 Å². The summed E-state index contributed by atoms with van der Waals surface area (Å²) in [6.07, 6.45) is 0.488. The van der Waals surface area contributed by atoms with E-state index in [-0.39, 0.29) is 11.3 Å². The second-order valence-electron chi connectivity index (χ2n) is 7.28. The molecule has 5 nitrogen and oxygen atoms in total. The highest BCUT2D eigenvalue weighted by Crippen LogP contribution is 2.29. The number of para-hydroxylation sites is 1. The zero-order valence-corrected chi connectivity index (χ0v) is 15.2. The van der Waals surface area contributed by atoms with Gasteiger partial charge in [0.15, 0.2) is 0 Å². The minimum Gasteiger partial charge on any atom is -0.384 e. The van der Waals surface area contributed by atoms with Gasteiger partial charge in [-0.1, -0.05) is 39.0 Å². The third-order valence-corrected chi connectivity index (χ3v) is 4.26. The van der Waals surface area contributed by atoms with Crippen LogP contribution in [0, 0.1) is 0 Å². The average molecular weight is 333 g/mol. The molecule has 1 fully saturated rings. The maximum absolute atomic E-state index is 12.0. The molecule has 1 heterocycles. The zero-order valence-electron chi connectivity index (χ0n) is 15.2. The molecule has 0 unspecified atom stereocenters. The van der Waals surface area contributed by atoms with E-state index in [1.807, 2.05) is 6.07 Å².